The normalized spacial score (nSPS) is 34.0. The van der Waals surface area contributed by atoms with Crippen LogP contribution in [0.3, 0.4) is 0 Å². The number of imide groups is 1. The van der Waals surface area contributed by atoms with Gasteiger partial charge < -0.3 is 4.55 Å². The summed E-state index contributed by atoms with van der Waals surface area (Å²) in [4.78, 5) is 27.0. The highest BCUT2D eigenvalue weighted by molar-refractivity contribution is 7.30. The molecule has 2 amide bonds. The molecule has 3 fully saturated rings. The number of benzene rings is 1. The first-order chi connectivity index (χ1) is 10.7. The Morgan fingerprint density at radius 3 is 2.36 bits per heavy atom. The fraction of sp³-hybridized carbons (Fsp3) is 0.412. The van der Waals surface area contributed by atoms with E-state index in [0.717, 1.165) is 24.6 Å². The van der Waals surface area contributed by atoms with Gasteiger partial charge in [0.05, 0.1) is 17.2 Å². The van der Waals surface area contributed by atoms with Gasteiger partial charge in [0.25, 0.3) is 0 Å². The molecule has 2 bridgehead atoms. The maximum Gasteiger partial charge on any atom is 0.238 e. The molecule has 1 saturated heterocycles. The predicted molar refractivity (Wildman–Crippen MR) is 82.9 cm³/mol. The molecule has 1 aromatic heterocycles. The molecule has 3 aliphatic rings. The third-order valence-electron chi connectivity index (χ3n) is 5.77. The molecule has 0 radical (unpaired) electrons. The van der Waals surface area contributed by atoms with Crippen molar-refractivity contribution in [3.05, 3.63) is 29.6 Å². The maximum atomic E-state index is 12.9. The minimum absolute atomic E-state index is 0.0675. The van der Waals surface area contributed by atoms with E-state index in [9.17, 15) is 14.1 Å². The van der Waals surface area contributed by atoms with Gasteiger partial charge in [0.2, 0.25) is 11.8 Å². The van der Waals surface area contributed by atoms with Gasteiger partial charge >= 0.3 is 0 Å². The standard InChI is InChI=1S/C17H15NO3S/c19-16-14-9-5-6-10(7-9)15(14)17(20)18(16)12-8-22(21)13-4-2-1-3-11(12)13/h1-4,8-10,14-15H,5-7H2/t9-,10+,14-,15+,22?. The van der Waals surface area contributed by atoms with E-state index in [1.807, 2.05) is 18.2 Å². The molecule has 2 saturated carbocycles. The highest BCUT2D eigenvalue weighted by Crippen LogP contribution is 2.57. The van der Waals surface area contributed by atoms with Crippen LogP contribution in [0, 0.1) is 23.7 Å². The molecule has 2 aliphatic carbocycles. The average Bonchev–Trinajstić information content (AvgIpc) is 3.25. The van der Waals surface area contributed by atoms with Crippen LogP contribution in [0.25, 0.3) is 10.1 Å². The van der Waals surface area contributed by atoms with E-state index >= 15 is 0 Å². The highest BCUT2D eigenvalue weighted by atomic mass is 32.2. The second kappa shape index (κ2) is 4.18. The zero-order valence-corrected chi connectivity index (χ0v) is 12.7. The lowest BCUT2D eigenvalue weighted by atomic mass is 9.81. The Morgan fingerprint density at radius 2 is 1.68 bits per heavy atom. The van der Waals surface area contributed by atoms with E-state index in [4.69, 9.17) is 0 Å². The Kier molecular flexibility index (Phi) is 2.43. The number of carbonyl (C=O) groups is 2. The Labute approximate surface area is 130 Å². The van der Waals surface area contributed by atoms with Crippen molar-refractivity contribution in [3.8, 4) is 0 Å². The fourth-order valence-corrected chi connectivity index (χ4v) is 6.07. The van der Waals surface area contributed by atoms with Crippen LogP contribution in [0.4, 0.5) is 5.69 Å². The second-order valence-electron chi connectivity index (χ2n) is 6.69. The summed E-state index contributed by atoms with van der Waals surface area (Å²) < 4.78 is 12.9. The zero-order valence-electron chi connectivity index (χ0n) is 11.9. The Hall–Kier alpha value is -1.72. The van der Waals surface area contributed by atoms with E-state index in [1.54, 1.807) is 11.4 Å². The summed E-state index contributed by atoms with van der Waals surface area (Å²) in [5.74, 6) is 0.351. The summed E-state index contributed by atoms with van der Waals surface area (Å²) in [6.07, 6.45) is 3.17. The minimum Gasteiger partial charge on any atom is -0.590 e. The minimum atomic E-state index is -1.27. The average molecular weight is 313 g/mol. The van der Waals surface area contributed by atoms with Gasteiger partial charge in [-0.3, -0.25) is 9.59 Å². The molecule has 1 aromatic carbocycles. The molecule has 2 aromatic rings. The molecular formula is C17H15NO3S. The summed E-state index contributed by atoms with van der Waals surface area (Å²) in [5.41, 5.74) is 0.540. The van der Waals surface area contributed by atoms with Crippen LogP contribution < -0.4 is 4.90 Å². The van der Waals surface area contributed by atoms with Crippen LogP contribution in [0.15, 0.2) is 29.6 Å². The Morgan fingerprint density at radius 1 is 1.05 bits per heavy atom. The molecule has 2 heterocycles. The SMILES string of the molecule is O=C1[C@@H]2[C@@H]3CC[C@@H](C3)[C@@H]2C(=O)N1c1c[s+]([O-])c2ccccc12. The van der Waals surface area contributed by atoms with Crippen molar-refractivity contribution in [1.29, 1.82) is 0 Å². The van der Waals surface area contributed by atoms with E-state index in [0.29, 0.717) is 22.2 Å². The number of nitrogens with zero attached hydrogens (tertiary/aromatic N) is 1. The molecule has 22 heavy (non-hydrogen) atoms. The van der Waals surface area contributed by atoms with Crippen molar-refractivity contribution in [2.24, 2.45) is 23.7 Å². The highest BCUT2D eigenvalue weighted by Gasteiger charge is 2.61. The molecule has 0 N–H and O–H groups in total. The summed E-state index contributed by atoms with van der Waals surface area (Å²) in [5, 5.41) is 2.32. The topological polar surface area (TPSA) is 60.4 Å². The van der Waals surface area contributed by atoms with E-state index < -0.39 is 10.8 Å². The Balaban J connectivity index is 1.66. The van der Waals surface area contributed by atoms with Gasteiger partial charge in [-0.2, -0.15) is 0 Å². The van der Waals surface area contributed by atoms with Crippen molar-refractivity contribution >= 4 is 38.3 Å². The van der Waals surface area contributed by atoms with Crippen LogP contribution in [0.1, 0.15) is 19.3 Å². The summed E-state index contributed by atoms with van der Waals surface area (Å²) >= 11 is 0. The largest absolute Gasteiger partial charge is 0.590 e. The molecular weight excluding hydrogens is 298 g/mol. The number of amides is 2. The number of hydrogen-bond acceptors (Lipinski definition) is 3. The second-order valence-corrected chi connectivity index (χ2v) is 7.96. The van der Waals surface area contributed by atoms with Crippen molar-refractivity contribution in [2.75, 3.05) is 4.90 Å². The predicted octanol–water partition coefficient (Wildman–Crippen LogP) is 3.10. The fourth-order valence-electron chi connectivity index (χ4n) is 4.90. The van der Waals surface area contributed by atoms with Gasteiger partial charge in [-0.25, -0.2) is 4.90 Å². The molecule has 112 valence electrons. The first-order valence-corrected chi connectivity index (χ1v) is 8.97. The van der Waals surface area contributed by atoms with E-state index in [1.165, 1.54) is 4.90 Å². The Bertz CT molecular complexity index is 798. The van der Waals surface area contributed by atoms with E-state index in [2.05, 4.69) is 0 Å². The number of fused-ring (bicyclic) bond motifs is 6. The van der Waals surface area contributed by atoms with Gasteiger partial charge in [0.1, 0.15) is 5.69 Å². The number of thiophene rings is 1. The third-order valence-corrected chi connectivity index (χ3v) is 6.99. The summed E-state index contributed by atoms with van der Waals surface area (Å²) in [6.45, 7) is 0. The smallest absolute Gasteiger partial charge is 0.238 e. The van der Waals surface area contributed by atoms with Crippen LogP contribution >= 0.6 is 10.8 Å². The first kappa shape index (κ1) is 12.8. The van der Waals surface area contributed by atoms with Gasteiger partial charge in [-0.1, -0.05) is 12.1 Å². The number of anilines is 1. The molecule has 0 spiro atoms. The maximum absolute atomic E-state index is 12.9. The lowest BCUT2D eigenvalue weighted by molar-refractivity contribution is -0.123. The van der Waals surface area contributed by atoms with E-state index in [-0.39, 0.29) is 23.7 Å². The zero-order chi connectivity index (χ0) is 15.0. The third kappa shape index (κ3) is 1.41. The lowest BCUT2D eigenvalue weighted by Crippen LogP contribution is -2.32. The van der Waals surface area contributed by atoms with Crippen LogP contribution in [0.5, 0.6) is 0 Å². The van der Waals surface area contributed by atoms with Crippen LogP contribution in [0.2, 0.25) is 0 Å². The summed E-state index contributed by atoms with van der Waals surface area (Å²) in [7, 11) is -1.27. The van der Waals surface area contributed by atoms with Gasteiger partial charge in [0.15, 0.2) is 10.1 Å². The molecule has 1 unspecified atom stereocenters. The molecule has 4 nitrogen and oxygen atoms in total. The monoisotopic (exact) mass is 313 g/mol. The lowest BCUT2D eigenvalue weighted by Gasteiger charge is -2.19. The van der Waals surface area contributed by atoms with Crippen molar-refractivity contribution < 1.29 is 14.1 Å². The van der Waals surface area contributed by atoms with Gasteiger partial charge in [-0.05, 0) is 54.0 Å². The van der Waals surface area contributed by atoms with Crippen molar-refractivity contribution in [3.63, 3.8) is 0 Å². The summed E-state index contributed by atoms with van der Waals surface area (Å²) in [6, 6.07) is 7.32. The van der Waals surface area contributed by atoms with Crippen LogP contribution in [-0.2, 0) is 9.59 Å². The quantitative estimate of drug-likeness (QED) is 0.600. The molecule has 1 aliphatic heterocycles. The molecule has 5 atom stereocenters. The first-order valence-electron chi connectivity index (χ1n) is 7.76. The van der Waals surface area contributed by atoms with Crippen molar-refractivity contribution in [1.82, 2.24) is 0 Å². The van der Waals surface area contributed by atoms with Gasteiger partial charge in [0, 0.05) is 0 Å². The van der Waals surface area contributed by atoms with Crippen LogP contribution in [-0.4, -0.2) is 16.4 Å². The molecule has 5 rings (SSSR count). The number of rotatable bonds is 1. The number of hydrogen-bond donors (Lipinski definition) is 0. The van der Waals surface area contributed by atoms with Gasteiger partial charge in [-0.15, -0.1) is 0 Å². The van der Waals surface area contributed by atoms with Crippen molar-refractivity contribution in [2.45, 2.75) is 19.3 Å². The number of carbonyl (C=O) groups excluding carboxylic acids is 2. The molecule has 5 heteroatoms.